The average Bonchev–Trinajstić information content (AvgIpc) is 2.82. The van der Waals surface area contributed by atoms with Crippen molar-refractivity contribution in [2.24, 2.45) is 0 Å². The molecule has 21 heavy (non-hydrogen) atoms. The molecule has 9 heteroatoms. The highest BCUT2D eigenvalue weighted by Crippen LogP contribution is 2.28. The van der Waals surface area contributed by atoms with Gasteiger partial charge in [0, 0.05) is 29.0 Å². The maximum absolute atomic E-state index is 11.3. The van der Waals surface area contributed by atoms with Crippen LogP contribution in [0.1, 0.15) is 5.56 Å². The Balaban J connectivity index is 1.92. The van der Waals surface area contributed by atoms with Crippen LogP contribution in [0.5, 0.6) is 0 Å². The van der Waals surface area contributed by atoms with E-state index in [1.807, 2.05) is 0 Å². The van der Waals surface area contributed by atoms with Gasteiger partial charge in [-0.05, 0) is 37.9 Å². The van der Waals surface area contributed by atoms with Gasteiger partial charge in [-0.1, -0.05) is 0 Å². The number of pyridine rings is 2. The third-order valence-electron chi connectivity index (χ3n) is 2.94. The van der Waals surface area contributed by atoms with Crippen LogP contribution in [0, 0.1) is 0 Å². The van der Waals surface area contributed by atoms with Crippen molar-refractivity contribution < 1.29 is 0 Å². The topological polar surface area (TPSA) is 112 Å². The molecule has 0 saturated carbocycles. The molecule has 0 bridgehead atoms. The van der Waals surface area contributed by atoms with Crippen molar-refractivity contribution in [1.82, 2.24) is 19.9 Å². The van der Waals surface area contributed by atoms with Crippen molar-refractivity contribution in [3.63, 3.8) is 0 Å². The Morgan fingerprint density at radius 2 is 2.10 bits per heavy atom. The monoisotopic (exact) mass is 412 g/mol. The van der Waals surface area contributed by atoms with Crippen LogP contribution in [0.4, 0.5) is 11.5 Å². The highest BCUT2D eigenvalue weighted by Gasteiger charge is 2.11. The van der Waals surface area contributed by atoms with Crippen LogP contribution in [-0.4, -0.2) is 19.9 Å². The molecule has 3 aromatic rings. The molecule has 0 unspecified atom stereocenters. The first-order chi connectivity index (χ1) is 10.1. The summed E-state index contributed by atoms with van der Waals surface area (Å²) in [5.74, 6) is 0.407. The van der Waals surface area contributed by atoms with Gasteiger partial charge in [-0.15, -0.1) is 0 Å². The van der Waals surface area contributed by atoms with Crippen molar-refractivity contribution in [3.8, 4) is 0 Å². The Bertz CT molecular complexity index is 852. The van der Waals surface area contributed by atoms with Crippen LogP contribution in [0.2, 0.25) is 0 Å². The number of rotatable bonds is 3. The fourth-order valence-electron chi connectivity index (χ4n) is 1.92. The van der Waals surface area contributed by atoms with Crippen molar-refractivity contribution in [2.75, 3.05) is 11.1 Å². The summed E-state index contributed by atoms with van der Waals surface area (Å²) in [6.45, 7) is 0.477. The van der Waals surface area contributed by atoms with Crippen molar-refractivity contribution in [2.45, 2.75) is 6.54 Å². The lowest BCUT2D eigenvalue weighted by Gasteiger charge is -2.11. The van der Waals surface area contributed by atoms with E-state index in [2.05, 4.69) is 57.1 Å². The molecule has 0 spiro atoms. The molecule has 0 amide bonds. The van der Waals surface area contributed by atoms with E-state index in [1.54, 1.807) is 18.5 Å². The van der Waals surface area contributed by atoms with E-state index < -0.39 is 0 Å². The molecule has 0 aromatic carbocycles. The second kappa shape index (κ2) is 5.49. The summed E-state index contributed by atoms with van der Waals surface area (Å²) in [6.07, 6.45) is 3.31. The van der Waals surface area contributed by atoms with Crippen molar-refractivity contribution in [3.05, 3.63) is 43.5 Å². The van der Waals surface area contributed by atoms with Crippen molar-refractivity contribution >= 4 is 54.5 Å². The highest BCUT2D eigenvalue weighted by atomic mass is 79.9. The minimum atomic E-state index is -0.289. The van der Waals surface area contributed by atoms with E-state index >= 15 is 0 Å². The Labute approximate surface area is 135 Å². The van der Waals surface area contributed by atoms with Gasteiger partial charge in [0.05, 0.1) is 10.2 Å². The van der Waals surface area contributed by atoms with Crippen LogP contribution in [0.3, 0.4) is 0 Å². The molecule has 3 rings (SSSR count). The second-order valence-electron chi connectivity index (χ2n) is 4.31. The smallest absolute Gasteiger partial charge is 0.325 e. The minimum Gasteiger partial charge on any atom is -0.382 e. The van der Waals surface area contributed by atoms with Crippen LogP contribution in [0.25, 0.3) is 11.2 Å². The first-order valence-corrected chi connectivity index (χ1v) is 7.54. The molecule has 0 radical (unpaired) electrons. The van der Waals surface area contributed by atoms with Gasteiger partial charge in [0.15, 0.2) is 5.65 Å². The molecule has 108 valence electrons. The largest absolute Gasteiger partial charge is 0.382 e. The normalized spacial score (nSPS) is 11.0. The van der Waals surface area contributed by atoms with Crippen LogP contribution in [-0.2, 0) is 6.54 Å². The summed E-state index contributed by atoms with van der Waals surface area (Å²) in [5.41, 5.74) is 8.29. The molecule has 0 fully saturated rings. The number of hydrogen-bond donors (Lipinski definition) is 4. The van der Waals surface area contributed by atoms with Crippen LogP contribution >= 0.6 is 31.9 Å². The molecule has 3 heterocycles. The van der Waals surface area contributed by atoms with Gasteiger partial charge >= 0.3 is 5.69 Å². The lowest BCUT2D eigenvalue weighted by atomic mass is 10.2. The van der Waals surface area contributed by atoms with E-state index in [-0.39, 0.29) is 5.69 Å². The van der Waals surface area contributed by atoms with Gasteiger partial charge in [-0.2, -0.15) is 0 Å². The van der Waals surface area contributed by atoms with Crippen molar-refractivity contribution in [1.29, 1.82) is 0 Å². The molecule has 3 aromatic heterocycles. The zero-order valence-corrected chi connectivity index (χ0v) is 13.7. The first kappa shape index (κ1) is 14.1. The third-order valence-corrected chi connectivity index (χ3v) is 4.51. The Kier molecular flexibility index (Phi) is 3.68. The van der Waals surface area contributed by atoms with E-state index in [0.717, 1.165) is 14.5 Å². The number of anilines is 2. The number of nitrogens with one attached hydrogen (secondary N) is 3. The van der Waals surface area contributed by atoms with E-state index in [4.69, 9.17) is 5.73 Å². The van der Waals surface area contributed by atoms with Gasteiger partial charge in [0.25, 0.3) is 0 Å². The number of nitrogens with two attached hydrogens (primary N) is 1. The Morgan fingerprint density at radius 3 is 2.86 bits per heavy atom. The first-order valence-electron chi connectivity index (χ1n) is 5.95. The SMILES string of the molecule is Nc1nccc(Br)c1NCc1cnc2[nH]c(=O)[nH]c2c1Br. The summed E-state index contributed by atoms with van der Waals surface area (Å²) in [7, 11) is 0. The number of fused-ring (bicyclic) bond motifs is 1. The maximum Gasteiger partial charge on any atom is 0.325 e. The van der Waals surface area contributed by atoms with Gasteiger partial charge in [-0.25, -0.2) is 14.8 Å². The highest BCUT2D eigenvalue weighted by molar-refractivity contribution is 9.11. The van der Waals surface area contributed by atoms with Crippen LogP contribution in [0.15, 0.2) is 32.2 Å². The quantitative estimate of drug-likeness (QED) is 0.526. The summed E-state index contributed by atoms with van der Waals surface area (Å²) in [6, 6.07) is 1.80. The maximum atomic E-state index is 11.3. The molecular formula is C12H10Br2N6O. The molecule has 7 nitrogen and oxygen atoms in total. The molecule has 5 N–H and O–H groups in total. The number of hydrogen-bond acceptors (Lipinski definition) is 5. The average molecular weight is 414 g/mol. The zero-order chi connectivity index (χ0) is 15.0. The fourth-order valence-corrected chi connectivity index (χ4v) is 2.92. The summed E-state index contributed by atoms with van der Waals surface area (Å²) < 4.78 is 1.60. The lowest BCUT2D eigenvalue weighted by molar-refractivity contribution is 1.10. The summed E-state index contributed by atoms with van der Waals surface area (Å²) >= 11 is 6.90. The minimum absolute atomic E-state index is 0.289. The molecule has 0 aliphatic rings. The summed E-state index contributed by atoms with van der Waals surface area (Å²) in [5, 5.41) is 3.20. The number of aromatic amines is 2. The molecule has 0 aliphatic heterocycles. The molecule has 0 saturated heterocycles. The Morgan fingerprint density at radius 1 is 1.29 bits per heavy atom. The molecule has 0 atom stereocenters. The standard InChI is InChI=1S/C12H10Br2N6O/c13-6-1-2-16-10(15)8(6)17-3-5-4-18-11-9(7(5)14)19-12(21)20-11/h1-2,4,17H,3H2,(H2,15,16)(H2,18,19,20,21). The molecular weight excluding hydrogens is 404 g/mol. The predicted octanol–water partition coefficient (Wildman–Crippen LogP) is 2.37. The fraction of sp³-hybridized carbons (Fsp3) is 0.0833. The third kappa shape index (κ3) is 2.66. The van der Waals surface area contributed by atoms with E-state index in [9.17, 15) is 4.79 Å². The number of aromatic nitrogens is 4. The van der Waals surface area contributed by atoms with Crippen LogP contribution < -0.4 is 16.7 Å². The van der Waals surface area contributed by atoms with Gasteiger partial charge in [-0.3, -0.25) is 4.98 Å². The second-order valence-corrected chi connectivity index (χ2v) is 5.95. The Hall–Kier alpha value is -1.87. The lowest BCUT2D eigenvalue weighted by Crippen LogP contribution is -2.05. The summed E-state index contributed by atoms with van der Waals surface area (Å²) in [4.78, 5) is 24.8. The number of nitrogens with zero attached hydrogens (tertiary/aromatic N) is 2. The van der Waals surface area contributed by atoms with E-state index in [0.29, 0.717) is 29.2 Å². The van der Waals surface area contributed by atoms with Gasteiger partial charge in [0.2, 0.25) is 0 Å². The van der Waals surface area contributed by atoms with Gasteiger partial charge < -0.3 is 16.0 Å². The zero-order valence-electron chi connectivity index (χ0n) is 10.6. The number of nitrogen functional groups attached to an aromatic ring is 1. The number of H-pyrrole nitrogens is 2. The number of halogens is 2. The van der Waals surface area contributed by atoms with E-state index in [1.165, 1.54) is 0 Å². The predicted molar refractivity (Wildman–Crippen MR) is 88.1 cm³/mol. The molecule has 0 aliphatic carbocycles. The van der Waals surface area contributed by atoms with Gasteiger partial charge in [0.1, 0.15) is 11.3 Å². The number of imidazole rings is 1.